The van der Waals surface area contributed by atoms with Crippen LogP contribution >= 0.6 is 23.2 Å². The average molecular weight is 326 g/mol. The number of nitro benzene ring substituents is 1. The first-order valence-corrected chi connectivity index (χ1v) is 7.12. The van der Waals surface area contributed by atoms with Gasteiger partial charge in [-0.25, -0.2) is 0 Å². The second kappa shape index (κ2) is 6.33. The molecule has 0 aliphatic heterocycles. The van der Waals surface area contributed by atoms with E-state index in [4.69, 9.17) is 27.9 Å². The number of rotatable bonds is 4. The molecule has 2 aromatic rings. The van der Waals surface area contributed by atoms with Gasteiger partial charge in [-0.05, 0) is 37.6 Å². The van der Waals surface area contributed by atoms with Crippen LogP contribution in [0.15, 0.2) is 30.3 Å². The van der Waals surface area contributed by atoms with Crippen molar-refractivity contribution < 1.29 is 9.66 Å². The summed E-state index contributed by atoms with van der Waals surface area (Å²) in [5.74, 6) is 1.11. The van der Waals surface area contributed by atoms with E-state index < -0.39 is 4.92 Å². The lowest BCUT2D eigenvalue weighted by molar-refractivity contribution is -0.385. The smallest absolute Gasteiger partial charge is 0.276 e. The van der Waals surface area contributed by atoms with E-state index >= 15 is 0 Å². The molecule has 0 saturated carbocycles. The molecule has 0 aliphatic carbocycles. The molecule has 0 unspecified atom stereocenters. The van der Waals surface area contributed by atoms with Crippen LogP contribution in [0.2, 0.25) is 5.02 Å². The highest BCUT2D eigenvalue weighted by Crippen LogP contribution is 2.35. The van der Waals surface area contributed by atoms with Gasteiger partial charge in [-0.1, -0.05) is 17.7 Å². The minimum absolute atomic E-state index is 0.0186. The Bertz CT molecular complexity index is 702. The zero-order valence-electron chi connectivity index (χ0n) is 11.5. The number of benzene rings is 2. The van der Waals surface area contributed by atoms with Crippen LogP contribution in [0.4, 0.5) is 5.69 Å². The number of aryl methyl sites for hydroxylation is 2. The van der Waals surface area contributed by atoms with Gasteiger partial charge in [0.15, 0.2) is 0 Å². The van der Waals surface area contributed by atoms with Crippen LogP contribution in [-0.4, -0.2) is 4.92 Å². The Morgan fingerprint density at radius 2 is 1.90 bits per heavy atom. The van der Waals surface area contributed by atoms with Crippen LogP contribution in [0, 0.1) is 24.0 Å². The minimum atomic E-state index is -0.429. The highest BCUT2D eigenvalue weighted by molar-refractivity contribution is 6.32. The van der Waals surface area contributed by atoms with Crippen molar-refractivity contribution in [3.63, 3.8) is 0 Å². The van der Waals surface area contributed by atoms with Crippen molar-refractivity contribution in [3.8, 4) is 11.5 Å². The van der Waals surface area contributed by atoms with E-state index in [2.05, 4.69) is 0 Å². The molecule has 0 heterocycles. The molecule has 0 saturated heterocycles. The van der Waals surface area contributed by atoms with E-state index in [1.54, 1.807) is 31.2 Å². The monoisotopic (exact) mass is 325 g/mol. The van der Waals surface area contributed by atoms with Crippen LogP contribution < -0.4 is 4.74 Å². The summed E-state index contributed by atoms with van der Waals surface area (Å²) in [6, 6.07) is 8.33. The van der Waals surface area contributed by atoms with Gasteiger partial charge in [0.25, 0.3) is 5.69 Å². The van der Waals surface area contributed by atoms with Crippen LogP contribution in [-0.2, 0) is 5.88 Å². The summed E-state index contributed by atoms with van der Waals surface area (Å²) in [6.45, 7) is 3.52. The fourth-order valence-electron chi connectivity index (χ4n) is 2.01. The topological polar surface area (TPSA) is 52.4 Å². The number of nitrogens with zero attached hydrogens (tertiary/aromatic N) is 1. The Labute approximate surface area is 132 Å². The number of ether oxygens (including phenoxy) is 1. The van der Waals surface area contributed by atoms with Gasteiger partial charge in [-0.3, -0.25) is 10.1 Å². The molecule has 0 N–H and O–H groups in total. The third-order valence-electron chi connectivity index (χ3n) is 3.12. The van der Waals surface area contributed by atoms with E-state index in [1.807, 2.05) is 6.92 Å². The molecule has 2 aromatic carbocycles. The number of alkyl halides is 1. The molecule has 0 aliphatic rings. The summed E-state index contributed by atoms with van der Waals surface area (Å²) >= 11 is 11.9. The predicted octanol–water partition coefficient (Wildman–Crippen LogP) is 5.40. The first kappa shape index (κ1) is 15.6. The second-order valence-corrected chi connectivity index (χ2v) is 5.29. The quantitative estimate of drug-likeness (QED) is 0.430. The van der Waals surface area contributed by atoms with E-state index in [-0.39, 0.29) is 11.6 Å². The van der Waals surface area contributed by atoms with Gasteiger partial charge in [-0.2, -0.15) is 0 Å². The van der Waals surface area contributed by atoms with Crippen molar-refractivity contribution in [2.75, 3.05) is 0 Å². The van der Waals surface area contributed by atoms with Crippen molar-refractivity contribution in [1.29, 1.82) is 0 Å². The molecule has 0 fully saturated rings. The first-order valence-electron chi connectivity index (χ1n) is 6.21. The second-order valence-electron chi connectivity index (χ2n) is 4.61. The molecule has 4 nitrogen and oxygen atoms in total. The third-order valence-corrected chi connectivity index (χ3v) is 3.74. The summed E-state index contributed by atoms with van der Waals surface area (Å²) in [5, 5.41) is 11.5. The van der Waals surface area contributed by atoms with Crippen molar-refractivity contribution in [1.82, 2.24) is 0 Å². The average Bonchev–Trinajstić information content (AvgIpc) is 2.41. The maximum absolute atomic E-state index is 11.0. The maximum atomic E-state index is 11.0. The minimum Gasteiger partial charge on any atom is -0.456 e. The van der Waals surface area contributed by atoms with Crippen molar-refractivity contribution in [2.45, 2.75) is 19.7 Å². The molecule has 6 heteroatoms. The maximum Gasteiger partial charge on any atom is 0.276 e. The molecule has 0 spiro atoms. The van der Waals surface area contributed by atoms with Gasteiger partial charge in [0.05, 0.1) is 16.9 Å². The first-order chi connectivity index (χ1) is 9.93. The number of hydrogen-bond acceptors (Lipinski definition) is 3. The van der Waals surface area contributed by atoms with Gasteiger partial charge in [0.1, 0.15) is 11.5 Å². The van der Waals surface area contributed by atoms with Crippen LogP contribution in [0.3, 0.4) is 0 Å². The van der Waals surface area contributed by atoms with Crippen LogP contribution in [0.25, 0.3) is 0 Å². The molecule has 2 rings (SSSR count). The zero-order chi connectivity index (χ0) is 15.6. The van der Waals surface area contributed by atoms with Gasteiger partial charge in [0, 0.05) is 16.1 Å². The summed E-state index contributed by atoms with van der Waals surface area (Å²) in [6.07, 6.45) is 0. The molecular formula is C15H13Cl2NO3. The fourth-order valence-corrected chi connectivity index (χ4v) is 2.59. The van der Waals surface area contributed by atoms with E-state index in [0.29, 0.717) is 27.6 Å². The highest BCUT2D eigenvalue weighted by Gasteiger charge is 2.16. The largest absolute Gasteiger partial charge is 0.456 e. The summed E-state index contributed by atoms with van der Waals surface area (Å²) in [4.78, 5) is 10.6. The lowest BCUT2D eigenvalue weighted by atomic mass is 10.1. The molecule has 110 valence electrons. The standard InChI is InChI=1S/C15H13Cl2NO3/c1-9-6-10(2)15(7-13(9)18(19)20)21-14-5-3-4-12(17)11(14)8-16/h3-7H,8H2,1-2H3. The number of nitro groups is 1. The summed E-state index contributed by atoms with van der Waals surface area (Å²) in [5.41, 5.74) is 2.07. The van der Waals surface area contributed by atoms with E-state index in [0.717, 1.165) is 5.56 Å². The van der Waals surface area contributed by atoms with Gasteiger partial charge in [-0.15, -0.1) is 11.6 Å². The summed E-state index contributed by atoms with van der Waals surface area (Å²) < 4.78 is 5.78. The normalized spacial score (nSPS) is 10.5. The van der Waals surface area contributed by atoms with Crippen molar-refractivity contribution >= 4 is 28.9 Å². The molecular weight excluding hydrogens is 313 g/mol. The van der Waals surface area contributed by atoms with Gasteiger partial charge < -0.3 is 4.74 Å². The molecule has 0 bridgehead atoms. The van der Waals surface area contributed by atoms with E-state index in [9.17, 15) is 10.1 Å². The Morgan fingerprint density at radius 1 is 1.19 bits per heavy atom. The SMILES string of the molecule is Cc1cc(C)c([N+](=O)[O-])cc1Oc1cccc(Cl)c1CCl. The molecule has 21 heavy (non-hydrogen) atoms. The Hall–Kier alpha value is -1.78. The zero-order valence-corrected chi connectivity index (χ0v) is 13.0. The van der Waals surface area contributed by atoms with Crippen LogP contribution in [0.1, 0.15) is 16.7 Å². The van der Waals surface area contributed by atoms with Crippen molar-refractivity contribution in [3.05, 3.63) is 62.2 Å². The third kappa shape index (κ3) is 3.28. The lowest BCUT2D eigenvalue weighted by Gasteiger charge is -2.13. The molecule has 0 amide bonds. The molecule has 0 aromatic heterocycles. The number of hydrogen-bond donors (Lipinski definition) is 0. The predicted molar refractivity (Wildman–Crippen MR) is 83.7 cm³/mol. The Balaban J connectivity index is 2.47. The fraction of sp³-hybridized carbons (Fsp3) is 0.200. The van der Waals surface area contributed by atoms with Gasteiger partial charge >= 0.3 is 0 Å². The highest BCUT2D eigenvalue weighted by atomic mass is 35.5. The van der Waals surface area contributed by atoms with Crippen molar-refractivity contribution in [2.24, 2.45) is 0 Å². The summed E-state index contributed by atoms with van der Waals surface area (Å²) in [7, 11) is 0. The van der Waals surface area contributed by atoms with Gasteiger partial charge in [0.2, 0.25) is 0 Å². The Morgan fingerprint density at radius 3 is 2.52 bits per heavy atom. The Kier molecular flexibility index (Phi) is 4.70. The van der Waals surface area contributed by atoms with E-state index in [1.165, 1.54) is 6.07 Å². The molecule has 0 atom stereocenters. The van der Waals surface area contributed by atoms with Crippen LogP contribution in [0.5, 0.6) is 11.5 Å². The lowest BCUT2D eigenvalue weighted by Crippen LogP contribution is -1.97. The molecule has 0 radical (unpaired) electrons. The number of halogens is 2.